The maximum atomic E-state index is 12.3. The molecule has 0 spiro atoms. The van der Waals surface area contributed by atoms with Crippen LogP contribution < -0.4 is 0 Å². The topological polar surface area (TPSA) is 77.9 Å². The van der Waals surface area contributed by atoms with Gasteiger partial charge in [-0.3, -0.25) is 4.79 Å². The van der Waals surface area contributed by atoms with E-state index in [0.29, 0.717) is 13.1 Å². The van der Waals surface area contributed by atoms with Crippen molar-refractivity contribution in [1.82, 2.24) is 8.61 Å². The lowest BCUT2D eigenvalue weighted by Crippen LogP contribution is -2.48. The maximum Gasteiger partial charge on any atom is 0.304 e. The van der Waals surface area contributed by atoms with Crippen LogP contribution in [0.5, 0.6) is 0 Å². The van der Waals surface area contributed by atoms with Crippen molar-refractivity contribution in [1.29, 1.82) is 0 Å². The first kappa shape index (κ1) is 16.4. The molecule has 0 atom stereocenters. The summed E-state index contributed by atoms with van der Waals surface area (Å²) in [5, 5.41) is 8.60. The fraction of sp³-hybridized carbons (Fsp3) is 0.917. The SMILES string of the molecule is CCC1(C)CCN(S(=O)(=O)N(C)CCC(=O)O)CC1. The Morgan fingerprint density at radius 3 is 2.32 bits per heavy atom. The fourth-order valence-corrected chi connectivity index (χ4v) is 3.54. The first-order chi connectivity index (χ1) is 8.71. The molecule has 0 aromatic heterocycles. The van der Waals surface area contributed by atoms with Gasteiger partial charge in [-0.15, -0.1) is 0 Å². The van der Waals surface area contributed by atoms with Crippen LogP contribution >= 0.6 is 0 Å². The molecule has 0 radical (unpaired) electrons. The van der Waals surface area contributed by atoms with E-state index in [1.807, 2.05) is 0 Å². The van der Waals surface area contributed by atoms with Gasteiger partial charge in [0.1, 0.15) is 0 Å². The lowest BCUT2D eigenvalue weighted by Gasteiger charge is -2.39. The first-order valence-electron chi connectivity index (χ1n) is 6.64. The average molecular weight is 292 g/mol. The number of aliphatic carboxylic acids is 1. The van der Waals surface area contributed by atoms with Crippen LogP contribution in [0.2, 0.25) is 0 Å². The normalized spacial score (nSPS) is 20.6. The molecular formula is C12H24N2O4S. The summed E-state index contributed by atoms with van der Waals surface area (Å²) in [6.45, 7) is 5.36. The standard InChI is InChI=1S/C12H24N2O4S/c1-4-12(2)6-9-14(10-7-12)19(17,18)13(3)8-5-11(15)16/h4-10H2,1-3H3,(H,15,16). The second-order valence-corrected chi connectivity index (χ2v) is 7.57. The van der Waals surface area contributed by atoms with Gasteiger partial charge in [0, 0.05) is 26.7 Å². The lowest BCUT2D eigenvalue weighted by molar-refractivity contribution is -0.137. The zero-order chi connectivity index (χ0) is 14.7. The minimum atomic E-state index is -3.51. The number of hydrogen-bond acceptors (Lipinski definition) is 3. The van der Waals surface area contributed by atoms with Gasteiger partial charge in [0.05, 0.1) is 6.42 Å². The van der Waals surface area contributed by atoms with Crippen molar-refractivity contribution < 1.29 is 18.3 Å². The average Bonchev–Trinajstić information content (AvgIpc) is 2.36. The molecule has 7 heteroatoms. The molecule has 1 rings (SSSR count). The highest BCUT2D eigenvalue weighted by molar-refractivity contribution is 7.86. The summed E-state index contributed by atoms with van der Waals surface area (Å²) in [6.07, 6.45) is 2.59. The second-order valence-electron chi connectivity index (χ2n) is 5.54. The number of hydrogen-bond donors (Lipinski definition) is 1. The third kappa shape index (κ3) is 4.15. The van der Waals surface area contributed by atoms with Crippen LogP contribution in [0.1, 0.15) is 39.5 Å². The van der Waals surface area contributed by atoms with Crippen molar-refractivity contribution in [2.24, 2.45) is 5.41 Å². The smallest absolute Gasteiger partial charge is 0.304 e. The molecule has 0 aromatic rings. The van der Waals surface area contributed by atoms with Crippen molar-refractivity contribution in [2.45, 2.75) is 39.5 Å². The van der Waals surface area contributed by atoms with Crippen LogP contribution in [-0.4, -0.2) is 54.8 Å². The fourth-order valence-electron chi connectivity index (χ4n) is 2.18. The van der Waals surface area contributed by atoms with Crippen LogP contribution in [0.3, 0.4) is 0 Å². The van der Waals surface area contributed by atoms with E-state index in [1.165, 1.54) is 11.4 Å². The van der Waals surface area contributed by atoms with Crippen LogP contribution in [0.15, 0.2) is 0 Å². The Morgan fingerprint density at radius 2 is 1.89 bits per heavy atom. The van der Waals surface area contributed by atoms with Crippen molar-refractivity contribution in [2.75, 3.05) is 26.7 Å². The van der Waals surface area contributed by atoms with Crippen molar-refractivity contribution in [3.05, 3.63) is 0 Å². The molecule has 19 heavy (non-hydrogen) atoms. The Kier molecular flexibility index (Phi) is 5.34. The van der Waals surface area contributed by atoms with Gasteiger partial charge in [0.15, 0.2) is 0 Å². The number of carboxylic acids is 1. The number of piperidine rings is 1. The van der Waals surface area contributed by atoms with Gasteiger partial charge in [-0.05, 0) is 18.3 Å². The summed E-state index contributed by atoms with van der Waals surface area (Å²) in [5.74, 6) is -0.987. The molecule has 1 heterocycles. The third-order valence-corrected chi connectivity index (χ3v) is 6.13. The van der Waals surface area contributed by atoms with E-state index in [4.69, 9.17) is 5.11 Å². The molecular weight excluding hydrogens is 268 g/mol. The van der Waals surface area contributed by atoms with Gasteiger partial charge in [-0.1, -0.05) is 20.3 Å². The lowest BCUT2D eigenvalue weighted by atomic mass is 9.79. The zero-order valence-electron chi connectivity index (χ0n) is 11.9. The molecule has 0 unspecified atom stereocenters. The van der Waals surface area contributed by atoms with Gasteiger partial charge in [-0.2, -0.15) is 17.0 Å². The molecule has 0 aliphatic carbocycles. The van der Waals surface area contributed by atoms with E-state index in [-0.39, 0.29) is 18.4 Å². The maximum absolute atomic E-state index is 12.3. The second kappa shape index (κ2) is 6.19. The molecule has 0 aromatic carbocycles. The summed E-state index contributed by atoms with van der Waals surface area (Å²) in [7, 11) is -2.08. The summed E-state index contributed by atoms with van der Waals surface area (Å²) in [6, 6.07) is 0. The number of rotatable bonds is 6. The largest absolute Gasteiger partial charge is 0.481 e. The Hall–Kier alpha value is -0.660. The van der Waals surface area contributed by atoms with Crippen molar-refractivity contribution in [3.63, 3.8) is 0 Å². The van der Waals surface area contributed by atoms with E-state index in [0.717, 1.165) is 23.6 Å². The number of carboxylic acid groups (broad SMARTS) is 1. The van der Waals surface area contributed by atoms with Gasteiger partial charge in [0.2, 0.25) is 0 Å². The van der Waals surface area contributed by atoms with Crippen molar-refractivity contribution in [3.8, 4) is 0 Å². The van der Waals surface area contributed by atoms with Gasteiger partial charge >= 0.3 is 5.97 Å². The van der Waals surface area contributed by atoms with E-state index in [9.17, 15) is 13.2 Å². The van der Waals surface area contributed by atoms with E-state index in [2.05, 4.69) is 13.8 Å². The predicted octanol–water partition coefficient (Wildman–Crippen LogP) is 1.15. The quantitative estimate of drug-likeness (QED) is 0.796. The van der Waals surface area contributed by atoms with Crippen LogP contribution in [0.4, 0.5) is 0 Å². The molecule has 6 nitrogen and oxygen atoms in total. The predicted molar refractivity (Wildman–Crippen MR) is 73.0 cm³/mol. The first-order valence-corrected chi connectivity index (χ1v) is 8.04. The minimum Gasteiger partial charge on any atom is -0.481 e. The van der Waals surface area contributed by atoms with E-state index < -0.39 is 16.2 Å². The van der Waals surface area contributed by atoms with E-state index >= 15 is 0 Å². The molecule has 1 aliphatic heterocycles. The summed E-state index contributed by atoms with van der Waals surface area (Å²) in [5.41, 5.74) is 0.228. The number of nitrogens with zero attached hydrogens (tertiary/aromatic N) is 2. The molecule has 0 saturated carbocycles. The van der Waals surface area contributed by atoms with Crippen LogP contribution in [0.25, 0.3) is 0 Å². The highest BCUT2D eigenvalue weighted by atomic mass is 32.2. The third-order valence-electron chi connectivity index (χ3n) is 4.14. The van der Waals surface area contributed by atoms with Gasteiger partial charge in [-0.25, -0.2) is 0 Å². The minimum absolute atomic E-state index is 0.0131. The summed E-state index contributed by atoms with van der Waals surface area (Å²) < 4.78 is 27.1. The monoisotopic (exact) mass is 292 g/mol. The van der Waals surface area contributed by atoms with Crippen molar-refractivity contribution >= 4 is 16.2 Å². The van der Waals surface area contributed by atoms with Gasteiger partial charge < -0.3 is 5.11 Å². The molecule has 1 N–H and O–H groups in total. The summed E-state index contributed by atoms with van der Waals surface area (Å²) in [4.78, 5) is 10.5. The molecule has 0 bridgehead atoms. The Bertz CT molecular complexity index is 413. The molecule has 112 valence electrons. The Balaban J connectivity index is 2.62. The molecule has 0 amide bonds. The molecule has 1 saturated heterocycles. The zero-order valence-corrected chi connectivity index (χ0v) is 12.7. The Labute approximate surface area is 115 Å². The Morgan fingerprint density at radius 1 is 1.37 bits per heavy atom. The molecule has 1 fully saturated rings. The highest BCUT2D eigenvalue weighted by Gasteiger charge is 2.35. The summed E-state index contributed by atoms with van der Waals surface area (Å²) >= 11 is 0. The highest BCUT2D eigenvalue weighted by Crippen LogP contribution is 2.35. The van der Waals surface area contributed by atoms with Crippen LogP contribution in [-0.2, 0) is 15.0 Å². The van der Waals surface area contributed by atoms with Gasteiger partial charge in [0.25, 0.3) is 10.2 Å². The molecule has 1 aliphatic rings. The van der Waals surface area contributed by atoms with E-state index in [1.54, 1.807) is 0 Å². The van der Waals surface area contributed by atoms with Crippen LogP contribution in [0, 0.1) is 5.41 Å². The number of carbonyl (C=O) groups is 1.